The Labute approximate surface area is 236 Å². The van der Waals surface area contributed by atoms with Crippen LogP contribution in [0.2, 0.25) is 0 Å². The largest absolute Gasteiger partial charge is 0.462 e. The minimum absolute atomic E-state index is 0.0265. The van der Waals surface area contributed by atoms with Crippen LogP contribution < -0.4 is 10.9 Å². The fraction of sp³-hybridized carbons (Fsp3) is 0.774. The molecule has 2 amide bonds. The summed E-state index contributed by atoms with van der Waals surface area (Å²) in [5.41, 5.74) is -1.03. The molecule has 1 aromatic heterocycles. The number of morpholine rings is 1. The molecule has 4 aliphatic carbocycles. The van der Waals surface area contributed by atoms with Crippen molar-refractivity contribution in [2.75, 3.05) is 26.3 Å². The monoisotopic (exact) mass is 556 g/mol. The quantitative estimate of drug-likeness (QED) is 0.543. The Bertz CT molecular complexity index is 1180. The van der Waals surface area contributed by atoms with E-state index >= 15 is 0 Å². The Morgan fingerprint density at radius 2 is 1.85 bits per heavy atom. The zero-order valence-electron chi connectivity index (χ0n) is 24.0. The SMILES string of the molecule is CC(=O)O[C@H]1C[C@]2(O)[C@@H]3CC[C@@H]4C[C@@H](NC(=O)N5CCOCC5)CC[C@]4(C)[C@H]3CC[C@]2(C)[C@H]1c1ccc(=O)oc1. The molecule has 220 valence electrons. The first-order valence-corrected chi connectivity index (χ1v) is 15.2. The fourth-order valence-electron chi connectivity index (χ4n) is 9.85. The first-order valence-electron chi connectivity index (χ1n) is 15.2. The number of rotatable bonds is 3. The van der Waals surface area contributed by atoms with Crippen LogP contribution in [0.4, 0.5) is 4.79 Å². The minimum atomic E-state index is -0.994. The predicted molar refractivity (Wildman–Crippen MR) is 147 cm³/mol. The van der Waals surface area contributed by atoms with Crippen molar-refractivity contribution in [1.29, 1.82) is 0 Å². The van der Waals surface area contributed by atoms with Crippen LogP contribution in [0, 0.1) is 28.6 Å². The Morgan fingerprint density at radius 1 is 1.07 bits per heavy atom. The van der Waals surface area contributed by atoms with Gasteiger partial charge in [-0.05, 0) is 79.7 Å². The Morgan fingerprint density at radius 3 is 2.55 bits per heavy atom. The van der Waals surface area contributed by atoms with E-state index < -0.39 is 22.7 Å². The Hall–Kier alpha value is -2.39. The van der Waals surface area contributed by atoms with E-state index in [0.29, 0.717) is 44.6 Å². The van der Waals surface area contributed by atoms with Crippen LogP contribution >= 0.6 is 0 Å². The van der Waals surface area contributed by atoms with Gasteiger partial charge in [0.2, 0.25) is 0 Å². The van der Waals surface area contributed by atoms with Gasteiger partial charge in [-0.2, -0.15) is 0 Å². The summed E-state index contributed by atoms with van der Waals surface area (Å²) in [7, 11) is 0. The average molecular weight is 557 g/mol. The molecule has 4 saturated carbocycles. The third-order valence-electron chi connectivity index (χ3n) is 11.9. The van der Waals surface area contributed by atoms with Gasteiger partial charge < -0.3 is 29.2 Å². The number of aliphatic hydroxyl groups is 1. The summed E-state index contributed by atoms with van der Waals surface area (Å²) in [5, 5.41) is 16.0. The van der Waals surface area contributed by atoms with Gasteiger partial charge in [-0.1, -0.05) is 13.8 Å². The average Bonchev–Trinajstić information content (AvgIpc) is 3.15. The lowest BCUT2D eigenvalue weighted by Gasteiger charge is -2.63. The molecule has 1 aliphatic heterocycles. The number of carbonyl (C=O) groups is 2. The summed E-state index contributed by atoms with van der Waals surface area (Å²) >= 11 is 0. The van der Waals surface area contributed by atoms with Crippen molar-refractivity contribution in [3.63, 3.8) is 0 Å². The van der Waals surface area contributed by atoms with Gasteiger partial charge in [0.05, 0.1) is 25.1 Å². The van der Waals surface area contributed by atoms with Gasteiger partial charge in [0, 0.05) is 49.9 Å². The van der Waals surface area contributed by atoms with E-state index in [2.05, 4.69) is 19.2 Å². The third-order valence-corrected chi connectivity index (χ3v) is 11.9. The maximum absolute atomic E-state index is 12.9. The van der Waals surface area contributed by atoms with E-state index in [0.717, 1.165) is 50.5 Å². The van der Waals surface area contributed by atoms with Crippen molar-refractivity contribution in [3.8, 4) is 0 Å². The number of urea groups is 1. The molecule has 0 radical (unpaired) electrons. The highest BCUT2D eigenvalue weighted by Gasteiger charge is 2.70. The highest BCUT2D eigenvalue weighted by atomic mass is 16.5. The Kier molecular flexibility index (Phi) is 7.05. The van der Waals surface area contributed by atoms with Crippen LogP contribution in [0.1, 0.15) is 83.6 Å². The highest BCUT2D eigenvalue weighted by molar-refractivity contribution is 5.74. The van der Waals surface area contributed by atoms with Gasteiger partial charge in [0.25, 0.3) is 0 Å². The third kappa shape index (κ3) is 4.39. The second-order valence-corrected chi connectivity index (χ2v) is 13.6. The zero-order valence-corrected chi connectivity index (χ0v) is 24.0. The topological polar surface area (TPSA) is 118 Å². The number of hydrogen-bond acceptors (Lipinski definition) is 7. The summed E-state index contributed by atoms with van der Waals surface area (Å²) in [6, 6.07) is 3.38. The van der Waals surface area contributed by atoms with Gasteiger partial charge in [-0.3, -0.25) is 4.79 Å². The number of amides is 2. The lowest BCUT2D eigenvalue weighted by Crippen LogP contribution is -2.62. The number of carbonyl (C=O) groups excluding carboxylic acids is 2. The number of nitrogens with zero attached hydrogens (tertiary/aromatic N) is 1. The van der Waals surface area contributed by atoms with E-state index in [1.807, 2.05) is 4.90 Å². The first-order chi connectivity index (χ1) is 19.0. The van der Waals surface area contributed by atoms with Crippen molar-refractivity contribution in [2.24, 2.45) is 28.6 Å². The summed E-state index contributed by atoms with van der Waals surface area (Å²) in [5.74, 6) is 0.359. The van der Waals surface area contributed by atoms with E-state index in [1.54, 1.807) is 6.07 Å². The van der Waals surface area contributed by atoms with E-state index in [-0.39, 0.29) is 35.3 Å². The molecule has 1 saturated heterocycles. The van der Waals surface area contributed by atoms with Crippen molar-refractivity contribution < 1.29 is 28.6 Å². The number of hydrogen-bond donors (Lipinski definition) is 2. The van der Waals surface area contributed by atoms with Crippen LogP contribution in [0.25, 0.3) is 0 Å². The molecule has 1 aromatic rings. The molecule has 9 atom stereocenters. The van der Waals surface area contributed by atoms with Crippen molar-refractivity contribution in [2.45, 2.75) is 95.8 Å². The molecule has 2 heterocycles. The van der Waals surface area contributed by atoms with Crippen LogP contribution in [0.3, 0.4) is 0 Å². The Balaban J connectivity index is 1.23. The predicted octanol–water partition coefficient (Wildman–Crippen LogP) is 3.83. The smallest absolute Gasteiger partial charge is 0.335 e. The van der Waals surface area contributed by atoms with Gasteiger partial charge in [-0.15, -0.1) is 0 Å². The summed E-state index contributed by atoms with van der Waals surface area (Å²) in [4.78, 5) is 38.6. The van der Waals surface area contributed by atoms with Crippen LogP contribution in [0.5, 0.6) is 0 Å². The second kappa shape index (κ2) is 10.2. The summed E-state index contributed by atoms with van der Waals surface area (Å²) in [6.07, 6.45) is 8.11. The van der Waals surface area contributed by atoms with Crippen molar-refractivity contribution >= 4 is 12.0 Å². The number of fused-ring (bicyclic) bond motifs is 5. The summed E-state index contributed by atoms with van der Waals surface area (Å²) < 4.78 is 16.5. The van der Waals surface area contributed by atoms with Gasteiger partial charge >= 0.3 is 17.6 Å². The van der Waals surface area contributed by atoms with E-state index in [1.165, 1.54) is 19.3 Å². The molecule has 0 spiro atoms. The molecular weight excluding hydrogens is 512 g/mol. The summed E-state index contributed by atoms with van der Waals surface area (Å²) in [6.45, 7) is 8.47. The zero-order chi connectivity index (χ0) is 28.3. The van der Waals surface area contributed by atoms with Crippen LogP contribution in [-0.2, 0) is 14.3 Å². The molecule has 0 unspecified atom stereocenters. The van der Waals surface area contributed by atoms with E-state index in [4.69, 9.17) is 13.9 Å². The molecule has 2 N–H and O–H groups in total. The normalized spacial score (nSPS) is 42.8. The number of esters is 1. The standard InChI is InChI=1S/C31H44N2O7/c1-19(34)40-25-17-31(37)24-6-5-21-16-22(32-28(36)33-12-14-38-15-13-33)8-10-29(21,2)23(24)9-11-30(31,3)27(25)20-4-7-26(35)39-18-20/h4,7,18,21-25,27,37H,5-6,8-17H2,1-3H3,(H,32,36)/t21-,22+,23+,24-,25+,27+,29+,30-,31+/m1/s1. The van der Waals surface area contributed by atoms with Gasteiger partial charge in [0.1, 0.15) is 6.10 Å². The van der Waals surface area contributed by atoms with E-state index in [9.17, 15) is 19.5 Å². The first kappa shape index (κ1) is 27.8. The minimum Gasteiger partial charge on any atom is -0.462 e. The van der Waals surface area contributed by atoms with Crippen molar-refractivity contribution in [3.05, 3.63) is 34.4 Å². The number of nitrogens with one attached hydrogen (secondary N) is 1. The highest BCUT2D eigenvalue weighted by Crippen LogP contribution is 2.70. The molecule has 6 rings (SSSR count). The number of ether oxygens (including phenoxy) is 2. The molecule has 0 aromatic carbocycles. The van der Waals surface area contributed by atoms with Gasteiger partial charge in [-0.25, -0.2) is 9.59 Å². The molecule has 5 aliphatic rings. The molecule has 9 heteroatoms. The van der Waals surface area contributed by atoms with Crippen LogP contribution in [-0.4, -0.2) is 66.1 Å². The van der Waals surface area contributed by atoms with Gasteiger partial charge in [0.15, 0.2) is 0 Å². The maximum Gasteiger partial charge on any atom is 0.335 e. The van der Waals surface area contributed by atoms with Crippen molar-refractivity contribution in [1.82, 2.24) is 10.2 Å². The maximum atomic E-state index is 12.9. The molecule has 5 fully saturated rings. The lowest BCUT2D eigenvalue weighted by molar-refractivity contribution is -0.202. The lowest BCUT2D eigenvalue weighted by atomic mass is 9.43. The molecule has 40 heavy (non-hydrogen) atoms. The molecular formula is C31H44N2O7. The second-order valence-electron chi connectivity index (χ2n) is 13.6. The van der Waals surface area contributed by atoms with Crippen LogP contribution in [0.15, 0.2) is 27.6 Å². The molecule has 9 nitrogen and oxygen atoms in total. The fourth-order valence-corrected chi connectivity index (χ4v) is 9.85. The molecule has 0 bridgehead atoms.